The first-order chi connectivity index (χ1) is 18.2. The summed E-state index contributed by atoms with van der Waals surface area (Å²) in [5.74, 6) is 1.86. The second-order valence-electron chi connectivity index (χ2n) is 8.86. The van der Waals surface area contributed by atoms with Crippen LogP contribution in [0.15, 0.2) is 85.1 Å². The maximum atomic E-state index is 12.5. The lowest BCUT2D eigenvalue weighted by Crippen LogP contribution is -2.20. The third kappa shape index (κ3) is 6.54. The summed E-state index contributed by atoms with van der Waals surface area (Å²) in [6.45, 7) is 0.550. The van der Waals surface area contributed by atoms with Crippen molar-refractivity contribution in [2.24, 2.45) is 0 Å². The Hall–Kier alpha value is -4.17. The fourth-order valence-corrected chi connectivity index (χ4v) is 5.47. The Balaban J connectivity index is 1.13. The summed E-state index contributed by atoms with van der Waals surface area (Å²) in [4.78, 5) is 28.8. The van der Waals surface area contributed by atoms with Crippen molar-refractivity contribution >= 4 is 35.2 Å². The number of urea groups is 1. The van der Waals surface area contributed by atoms with Crippen molar-refractivity contribution in [2.75, 3.05) is 10.6 Å². The highest BCUT2D eigenvalue weighted by Gasteiger charge is 2.25. The van der Waals surface area contributed by atoms with Gasteiger partial charge in [0.15, 0.2) is 0 Å². The Kier molecular flexibility index (Phi) is 7.76. The molecule has 0 bridgehead atoms. The molecule has 2 N–H and O–H groups in total. The molecule has 1 saturated carbocycles. The molecule has 5 rings (SSSR count). The Bertz CT molecular complexity index is 1320. The standard InChI is InChI=1S/C29H27N3O4S/c33-19-35-24-14-8-21(9-15-24)28-30-18-27(37-28)20-6-10-22(11-7-20)31-29(34)32-23-12-16-26(17-13-23)36-25-4-2-1-3-5-25/h1-7,10-13,16-19,21,24H,8-9,14-15H2,(H2,31,32,34). The van der Waals surface area contributed by atoms with E-state index in [2.05, 4.69) is 15.6 Å². The molecule has 1 aromatic heterocycles. The molecule has 7 nitrogen and oxygen atoms in total. The van der Waals surface area contributed by atoms with E-state index in [0.29, 0.717) is 29.5 Å². The second kappa shape index (κ2) is 11.7. The summed E-state index contributed by atoms with van der Waals surface area (Å²) in [6.07, 6.45) is 5.67. The molecule has 0 atom stereocenters. The lowest BCUT2D eigenvalue weighted by molar-refractivity contribution is -0.135. The molecule has 1 heterocycles. The van der Waals surface area contributed by atoms with Crippen LogP contribution in [0.2, 0.25) is 0 Å². The van der Waals surface area contributed by atoms with E-state index < -0.39 is 0 Å². The minimum Gasteiger partial charge on any atom is -0.465 e. The maximum Gasteiger partial charge on any atom is 0.323 e. The molecule has 3 aromatic carbocycles. The number of nitrogens with one attached hydrogen (secondary N) is 2. The smallest absolute Gasteiger partial charge is 0.323 e. The molecule has 1 fully saturated rings. The summed E-state index contributed by atoms with van der Waals surface area (Å²) < 4.78 is 10.9. The number of ether oxygens (including phenoxy) is 2. The van der Waals surface area contributed by atoms with E-state index in [0.717, 1.165) is 46.9 Å². The highest BCUT2D eigenvalue weighted by Crippen LogP contribution is 2.38. The molecule has 0 radical (unpaired) electrons. The molecule has 8 heteroatoms. The van der Waals surface area contributed by atoms with Crippen LogP contribution in [0, 0.1) is 0 Å². The third-order valence-electron chi connectivity index (χ3n) is 6.31. The van der Waals surface area contributed by atoms with Crippen molar-refractivity contribution in [3.05, 3.63) is 90.1 Å². The molecule has 4 aromatic rings. The van der Waals surface area contributed by atoms with Crippen LogP contribution < -0.4 is 15.4 Å². The van der Waals surface area contributed by atoms with Crippen LogP contribution in [-0.4, -0.2) is 23.6 Å². The van der Waals surface area contributed by atoms with Crippen LogP contribution in [0.3, 0.4) is 0 Å². The fraction of sp³-hybridized carbons (Fsp3) is 0.207. The van der Waals surface area contributed by atoms with Crippen LogP contribution in [0.4, 0.5) is 16.2 Å². The number of hydrogen-bond acceptors (Lipinski definition) is 6. The quantitative estimate of drug-likeness (QED) is 0.239. The number of para-hydroxylation sites is 1. The summed E-state index contributed by atoms with van der Waals surface area (Å²) in [5.41, 5.74) is 2.42. The van der Waals surface area contributed by atoms with Crippen LogP contribution >= 0.6 is 11.3 Å². The number of amides is 2. The number of thiazole rings is 1. The predicted octanol–water partition coefficient (Wildman–Crippen LogP) is 7.45. The van der Waals surface area contributed by atoms with E-state index in [9.17, 15) is 9.59 Å². The highest BCUT2D eigenvalue weighted by atomic mass is 32.1. The SMILES string of the molecule is O=COC1CCC(c2ncc(-c3ccc(NC(=O)Nc4ccc(Oc5ccccc5)cc4)cc3)s2)CC1. The molecule has 0 aliphatic heterocycles. The molecule has 37 heavy (non-hydrogen) atoms. The molecule has 1 aliphatic carbocycles. The van der Waals surface area contributed by atoms with E-state index in [-0.39, 0.29) is 12.1 Å². The van der Waals surface area contributed by atoms with Crippen LogP contribution in [0.1, 0.15) is 36.6 Å². The topological polar surface area (TPSA) is 89.5 Å². The number of carbonyl (C=O) groups is 2. The predicted molar refractivity (Wildman–Crippen MR) is 145 cm³/mol. The summed E-state index contributed by atoms with van der Waals surface area (Å²) in [6, 6.07) is 24.2. The van der Waals surface area contributed by atoms with Crippen molar-refractivity contribution in [2.45, 2.75) is 37.7 Å². The minimum absolute atomic E-state index is 0.0402. The van der Waals surface area contributed by atoms with Crippen LogP contribution in [0.5, 0.6) is 11.5 Å². The molecular weight excluding hydrogens is 486 g/mol. The zero-order valence-corrected chi connectivity index (χ0v) is 20.9. The summed E-state index contributed by atoms with van der Waals surface area (Å²) in [5, 5.41) is 6.83. The van der Waals surface area contributed by atoms with Gasteiger partial charge >= 0.3 is 6.03 Å². The molecule has 1 aliphatic rings. The Morgan fingerprint density at radius 1 is 0.838 bits per heavy atom. The van der Waals surface area contributed by atoms with Gasteiger partial charge in [-0.3, -0.25) is 4.79 Å². The van der Waals surface area contributed by atoms with E-state index in [1.165, 1.54) is 0 Å². The van der Waals surface area contributed by atoms with Crippen molar-refractivity contribution in [3.8, 4) is 21.9 Å². The van der Waals surface area contributed by atoms with Gasteiger partial charge < -0.3 is 20.1 Å². The summed E-state index contributed by atoms with van der Waals surface area (Å²) in [7, 11) is 0. The minimum atomic E-state index is -0.321. The van der Waals surface area contributed by atoms with Gasteiger partial charge in [0.05, 0.1) is 9.88 Å². The van der Waals surface area contributed by atoms with Gasteiger partial charge in [-0.25, -0.2) is 9.78 Å². The Morgan fingerprint density at radius 3 is 2.11 bits per heavy atom. The highest BCUT2D eigenvalue weighted by molar-refractivity contribution is 7.15. The average molecular weight is 514 g/mol. The second-order valence-corrected chi connectivity index (χ2v) is 9.93. The first kappa shape index (κ1) is 24.5. The van der Waals surface area contributed by atoms with Gasteiger partial charge in [0.25, 0.3) is 6.47 Å². The van der Waals surface area contributed by atoms with E-state index in [1.54, 1.807) is 23.5 Å². The number of benzene rings is 3. The first-order valence-electron chi connectivity index (χ1n) is 12.2. The summed E-state index contributed by atoms with van der Waals surface area (Å²) >= 11 is 1.70. The lowest BCUT2D eigenvalue weighted by Gasteiger charge is -2.25. The third-order valence-corrected chi connectivity index (χ3v) is 7.52. The first-order valence-corrected chi connectivity index (χ1v) is 13.0. The molecule has 0 unspecified atom stereocenters. The van der Waals surface area contributed by atoms with Gasteiger partial charge in [-0.1, -0.05) is 30.3 Å². The van der Waals surface area contributed by atoms with Crippen LogP contribution in [-0.2, 0) is 9.53 Å². The van der Waals surface area contributed by atoms with E-state index in [1.807, 2.05) is 72.9 Å². The number of rotatable bonds is 8. The average Bonchev–Trinajstić information content (AvgIpc) is 3.42. The van der Waals surface area contributed by atoms with E-state index >= 15 is 0 Å². The van der Waals surface area contributed by atoms with Gasteiger partial charge in [0.1, 0.15) is 17.6 Å². The van der Waals surface area contributed by atoms with Gasteiger partial charge in [-0.05, 0) is 79.8 Å². The zero-order valence-electron chi connectivity index (χ0n) is 20.1. The Morgan fingerprint density at radius 2 is 1.46 bits per heavy atom. The van der Waals surface area contributed by atoms with Crippen LogP contribution in [0.25, 0.3) is 10.4 Å². The normalized spacial score (nSPS) is 17.0. The maximum absolute atomic E-state index is 12.5. The van der Waals surface area contributed by atoms with E-state index in [4.69, 9.17) is 9.47 Å². The van der Waals surface area contributed by atoms with Crippen molar-refractivity contribution in [3.63, 3.8) is 0 Å². The fourth-order valence-electron chi connectivity index (χ4n) is 4.38. The number of anilines is 2. The molecule has 2 amide bonds. The number of nitrogens with zero attached hydrogens (tertiary/aromatic N) is 1. The zero-order chi connectivity index (χ0) is 25.5. The lowest BCUT2D eigenvalue weighted by atomic mass is 9.88. The number of aromatic nitrogens is 1. The number of hydrogen-bond donors (Lipinski definition) is 2. The molecular formula is C29H27N3O4S. The van der Waals surface area contributed by atoms with Crippen molar-refractivity contribution in [1.82, 2.24) is 4.98 Å². The molecule has 0 spiro atoms. The van der Waals surface area contributed by atoms with Gasteiger partial charge in [0.2, 0.25) is 0 Å². The van der Waals surface area contributed by atoms with Crippen molar-refractivity contribution < 1.29 is 19.1 Å². The molecule has 0 saturated heterocycles. The van der Waals surface area contributed by atoms with Gasteiger partial charge in [0, 0.05) is 23.5 Å². The largest absolute Gasteiger partial charge is 0.465 e. The Labute approximate surface area is 219 Å². The number of carbonyl (C=O) groups excluding carboxylic acids is 2. The molecule has 188 valence electrons. The van der Waals surface area contributed by atoms with Gasteiger partial charge in [-0.2, -0.15) is 0 Å². The van der Waals surface area contributed by atoms with Gasteiger partial charge in [-0.15, -0.1) is 11.3 Å². The monoisotopic (exact) mass is 513 g/mol. The van der Waals surface area contributed by atoms with Crippen molar-refractivity contribution in [1.29, 1.82) is 0 Å².